The Morgan fingerprint density at radius 3 is 2.89 bits per heavy atom. The van der Waals surface area contributed by atoms with Crippen LogP contribution in [0.3, 0.4) is 0 Å². The third-order valence-corrected chi connectivity index (χ3v) is 2.60. The number of carbonyl (C=O) groups is 1. The van der Waals surface area contributed by atoms with Crippen LogP contribution in [-0.2, 0) is 26.6 Å². The lowest BCUT2D eigenvalue weighted by molar-refractivity contribution is 0.0689. The molecule has 0 saturated heterocycles. The molecule has 0 fully saturated rings. The maximum absolute atomic E-state index is 10.9. The van der Waals surface area contributed by atoms with Crippen molar-refractivity contribution in [2.24, 2.45) is 12.8 Å². The third-order valence-electron chi connectivity index (χ3n) is 2.60. The number of carboxylic acid groups (broad SMARTS) is 1. The summed E-state index contributed by atoms with van der Waals surface area (Å²) >= 11 is 0. The van der Waals surface area contributed by atoms with Gasteiger partial charge in [-0.25, -0.2) is 9.48 Å². The number of rotatable bonds is 5. The van der Waals surface area contributed by atoms with Gasteiger partial charge in [0.15, 0.2) is 5.69 Å². The van der Waals surface area contributed by atoms with Gasteiger partial charge in [-0.15, -0.1) is 5.10 Å². The molecule has 0 saturated carbocycles. The molecule has 0 unspecified atom stereocenters. The first-order valence-electron chi connectivity index (χ1n) is 5.45. The number of aromatic nitrogens is 5. The largest absolute Gasteiger partial charge is 0.476 e. The summed E-state index contributed by atoms with van der Waals surface area (Å²) < 4.78 is 3.24. The van der Waals surface area contributed by atoms with Crippen LogP contribution in [0.4, 0.5) is 0 Å². The first-order valence-corrected chi connectivity index (χ1v) is 5.45. The van der Waals surface area contributed by atoms with E-state index in [9.17, 15) is 4.79 Å². The molecule has 0 aliphatic heterocycles. The topological polar surface area (TPSA) is 112 Å². The van der Waals surface area contributed by atoms with Crippen LogP contribution in [0.2, 0.25) is 0 Å². The maximum Gasteiger partial charge on any atom is 0.358 e. The minimum atomic E-state index is -1.11. The third kappa shape index (κ3) is 2.38. The highest BCUT2D eigenvalue weighted by atomic mass is 16.4. The lowest BCUT2D eigenvalue weighted by Crippen LogP contribution is -2.13. The van der Waals surface area contributed by atoms with Gasteiger partial charge in [-0.2, -0.15) is 5.10 Å². The highest BCUT2D eigenvalue weighted by Crippen LogP contribution is 2.07. The van der Waals surface area contributed by atoms with E-state index in [-0.39, 0.29) is 12.2 Å². The average Bonchev–Trinajstić information content (AvgIpc) is 2.91. The lowest BCUT2D eigenvalue weighted by Gasteiger charge is -2.03. The Morgan fingerprint density at radius 2 is 2.33 bits per heavy atom. The second-order valence-electron chi connectivity index (χ2n) is 3.89. The van der Waals surface area contributed by atoms with E-state index in [1.807, 2.05) is 13.2 Å². The van der Waals surface area contributed by atoms with Crippen molar-refractivity contribution in [3.63, 3.8) is 0 Å². The number of nitrogens with zero attached hydrogens (tertiary/aromatic N) is 5. The zero-order valence-corrected chi connectivity index (χ0v) is 9.94. The molecule has 0 bridgehead atoms. The normalized spacial score (nSPS) is 10.8. The van der Waals surface area contributed by atoms with Gasteiger partial charge < -0.3 is 10.8 Å². The molecule has 0 aliphatic rings. The van der Waals surface area contributed by atoms with Crippen LogP contribution in [0, 0.1) is 0 Å². The molecule has 2 rings (SSSR count). The molecular formula is C10H14N6O2. The summed E-state index contributed by atoms with van der Waals surface area (Å²) in [5.41, 5.74) is 6.93. The number of hydrogen-bond acceptors (Lipinski definition) is 5. The first-order chi connectivity index (χ1) is 8.61. The van der Waals surface area contributed by atoms with Gasteiger partial charge in [-0.3, -0.25) is 4.68 Å². The van der Waals surface area contributed by atoms with Crippen molar-refractivity contribution in [3.8, 4) is 0 Å². The number of carboxylic acids is 1. The van der Waals surface area contributed by atoms with Crippen LogP contribution in [-0.4, -0.2) is 35.9 Å². The first kappa shape index (κ1) is 12.2. The summed E-state index contributed by atoms with van der Waals surface area (Å²) in [6.45, 7) is 0.625. The summed E-state index contributed by atoms with van der Waals surface area (Å²) in [6.07, 6.45) is 4.36. The van der Waals surface area contributed by atoms with E-state index >= 15 is 0 Å². The number of aryl methyl sites for hydroxylation is 3. The molecule has 0 aromatic carbocycles. The summed E-state index contributed by atoms with van der Waals surface area (Å²) in [4.78, 5) is 10.9. The molecule has 0 amide bonds. The van der Waals surface area contributed by atoms with Gasteiger partial charge in [0.25, 0.3) is 0 Å². The Hall–Kier alpha value is -2.22. The Balaban J connectivity index is 2.12. The van der Waals surface area contributed by atoms with Crippen LogP contribution >= 0.6 is 0 Å². The van der Waals surface area contributed by atoms with Crippen LogP contribution in [0.5, 0.6) is 0 Å². The molecule has 0 spiro atoms. The predicted octanol–water partition coefficient (Wildman–Crippen LogP) is -0.589. The highest BCUT2D eigenvalue weighted by molar-refractivity contribution is 5.86. The molecule has 96 valence electrons. The van der Waals surface area contributed by atoms with Crippen molar-refractivity contribution in [3.05, 3.63) is 29.3 Å². The number of hydrogen-bond donors (Lipinski definition) is 2. The molecule has 0 aliphatic carbocycles. The van der Waals surface area contributed by atoms with Gasteiger partial charge in [-0.1, -0.05) is 5.21 Å². The van der Waals surface area contributed by atoms with Gasteiger partial charge in [0, 0.05) is 26.3 Å². The van der Waals surface area contributed by atoms with Gasteiger partial charge in [0.1, 0.15) is 0 Å². The molecule has 0 atom stereocenters. The van der Waals surface area contributed by atoms with Crippen molar-refractivity contribution >= 4 is 5.97 Å². The Bertz CT molecular complexity index is 558. The average molecular weight is 250 g/mol. The summed E-state index contributed by atoms with van der Waals surface area (Å²) in [6, 6.07) is 0. The van der Waals surface area contributed by atoms with Gasteiger partial charge in [-0.05, 0) is 12.0 Å². The molecule has 8 heteroatoms. The van der Waals surface area contributed by atoms with E-state index in [4.69, 9.17) is 10.8 Å². The second kappa shape index (κ2) is 4.96. The van der Waals surface area contributed by atoms with Crippen molar-refractivity contribution < 1.29 is 9.90 Å². The highest BCUT2D eigenvalue weighted by Gasteiger charge is 2.17. The van der Waals surface area contributed by atoms with Crippen LogP contribution < -0.4 is 5.73 Å². The van der Waals surface area contributed by atoms with E-state index < -0.39 is 5.97 Å². The van der Waals surface area contributed by atoms with Crippen molar-refractivity contribution in [2.45, 2.75) is 19.5 Å². The summed E-state index contributed by atoms with van der Waals surface area (Å²) in [7, 11) is 1.84. The smallest absolute Gasteiger partial charge is 0.358 e. The molecule has 2 heterocycles. The van der Waals surface area contributed by atoms with Crippen LogP contribution in [0.1, 0.15) is 21.7 Å². The minimum Gasteiger partial charge on any atom is -0.476 e. The quantitative estimate of drug-likeness (QED) is 0.733. The maximum atomic E-state index is 10.9. The molecule has 2 aromatic heterocycles. The fraction of sp³-hybridized carbons (Fsp3) is 0.400. The van der Waals surface area contributed by atoms with Gasteiger partial charge in [0.2, 0.25) is 0 Å². The van der Waals surface area contributed by atoms with Gasteiger partial charge >= 0.3 is 5.97 Å². The predicted molar refractivity (Wildman–Crippen MR) is 61.8 cm³/mol. The number of aromatic carboxylic acids is 1. The molecule has 2 aromatic rings. The van der Waals surface area contributed by atoms with E-state index in [0.29, 0.717) is 18.7 Å². The fourth-order valence-corrected chi connectivity index (χ4v) is 1.72. The standard InChI is InChI=1S/C10H14N6O2/c1-15-6-7(5-12-15)2-3-16-8(4-11)9(10(17)18)13-14-16/h5-6H,2-4,11H2,1H3,(H,17,18). The van der Waals surface area contributed by atoms with Crippen molar-refractivity contribution in [2.75, 3.05) is 0 Å². The van der Waals surface area contributed by atoms with Crippen LogP contribution in [0.25, 0.3) is 0 Å². The summed E-state index contributed by atoms with van der Waals surface area (Å²) in [5, 5.41) is 20.4. The lowest BCUT2D eigenvalue weighted by atomic mass is 10.2. The molecule has 0 radical (unpaired) electrons. The minimum absolute atomic E-state index is 0.0799. The van der Waals surface area contributed by atoms with Gasteiger partial charge in [0.05, 0.1) is 11.9 Å². The van der Waals surface area contributed by atoms with Crippen molar-refractivity contribution in [1.82, 2.24) is 24.8 Å². The van der Waals surface area contributed by atoms with E-state index in [0.717, 1.165) is 5.56 Å². The Morgan fingerprint density at radius 1 is 1.56 bits per heavy atom. The molecule has 3 N–H and O–H groups in total. The zero-order valence-electron chi connectivity index (χ0n) is 9.94. The molecule has 8 nitrogen and oxygen atoms in total. The summed E-state index contributed by atoms with van der Waals surface area (Å²) in [5.74, 6) is -1.11. The zero-order chi connectivity index (χ0) is 13.1. The van der Waals surface area contributed by atoms with E-state index in [1.54, 1.807) is 10.9 Å². The molecular weight excluding hydrogens is 236 g/mol. The monoisotopic (exact) mass is 250 g/mol. The van der Waals surface area contributed by atoms with E-state index in [2.05, 4.69) is 15.4 Å². The van der Waals surface area contributed by atoms with E-state index in [1.165, 1.54) is 4.68 Å². The number of nitrogens with two attached hydrogens (primary N) is 1. The SMILES string of the molecule is Cn1cc(CCn2nnc(C(=O)O)c2CN)cn1. The van der Waals surface area contributed by atoms with Crippen LogP contribution in [0.15, 0.2) is 12.4 Å². The molecule has 18 heavy (non-hydrogen) atoms. The fourth-order valence-electron chi connectivity index (χ4n) is 1.72. The second-order valence-corrected chi connectivity index (χ2v) is 3.89. The van der Waals surface area contributed by atoms with Crippen molar-refractivity contribution in [1.29, 1.82) is 0 Å². The Labute approximate surface area is 103 Å². The Kier molecular flexibility index (Phi) is 3.38.